The van der Waals surface area contributed by atoms with Gasteiger partial charge in [-0.25, -0.2) is 4.79 Å². The van der Waals surface area contributed by atoms with Gasteiger partial charge in [0.2, 0.25) is 5.82 Å². The number of carboxylic acids is 1. The Balaban J connectivity index is 1.60. The number of unbranched alkanes of at least 4 members (excludes halogenated alkanes) is 2. The molecule has 0 saturated heterocycles. The Morgan fingerprint density at radius 2 is 2.03 bits per heavy atom. The fourth-order valence-electron chi connectivity index (χ4n) is 3.61. The normalized spacial score (nSPS) is 17.1. The first-order chi connectivity index (χ1) is 16.4. The van der Waals surface area contributed by atoms with Gasteiger partial charge in [0.25, 0.3) is 5.72 Å². The number of carbonyl (C=O) groups excluding carboxylic acids is 1. The van der Waals surface area contributed by atoms with Crippen LogP contribution in [0.5, 0.6) is 11.5 Å². The predicted molar refractivity (Wildman–Crippen MR) is 123 cm³/mol. The van der Waals surface area contributed by atoms with Crippen LogP contribution in [-0.2, 0) is 12.1 Å². The lowest BCUT2D eigenvalue weighted by Crippen LogP contribution is -2.51. The van der Waals surface area contributed by atoms with Crippen molar-refractivity contribution in [1.29, 1.82) is 0 Å². The summed E-state index contributed by atoms with van der Waals surface area (Å²) in [4.78, 5) is 24.7. The zero-order valence-electron chi connectivity index (χ0n) is 18.7. The van der Waals surface area contributed by atoms with Crippen molar-refractivity contribution >= 4 is 17.8 Å². The highest BCUT2D eigenvalue weighted by Crippen LogP contribution is 2.40. The number of fused-ring (bicyclic) bond motifs is 1. The zero-order valence-corrected chi connectivity index (χ0v) is 18.7. The maximum atomic E-state index is 13.1. The molecule has 1 aromatic heterocycles. The number of allylic oxidation sites excluding steroid dienone is 1. The van der Waals surface area contributed by atoms with E-state index in [-0.39, 0.29) is 35.1 Å². The molecule has 0 amide bonds. The Kier molecular flexibility index (Phi) is 6.69. The van der Waals surface area contributed by atoms with Crippen LogP contribution in [0, 0.1) is 0 Å². The van der Waals surface area contributed by atoms with Gasteiger partial charge in [0.15, 0.2) is 17.3 Å². The van der Waals surface area contributed by atoms with E-state index in [2.05, 4.69) is 27.5 Å². The van der Waals surface area contributed by atoms with Crippen molar-refractivity contribution in [3.8, 4) is 11.5 Å². The molecule has 1 atom stereocenters. The molecule has 0 aliphatic carbocycles. The predicted octanol–water partition coefficient (Wildman–Crippen LogP) is 3.11. The first-order valence-corrected chi connectivity index (χ1v) is 11.0. The summed E-state index contributed by atoms with van der Waals surface area (Å²) in [7, 11) is 0. The standard InChI is InChI=1S/C24H25N5O5/c1-2-3-4-5-15-6-8-16(9-7-15)10-11-19(30)18-12-17(22(31)32)13-20-21(18)34-24(25,14-33-20)23-26-28-29-27-23/h6-13H,2-5,14,25H2,1H3,(H,31,32)(H,26,27,28,29). The number of H-pyrrole nitrogens is 1. The van der Waals surface area contributed by atoms with Crippen LogP contribution in [-0.4, -0.2) is 44.1 Å². The molecule has 4 rings (SSSR count). The zero-order chi connectivity index (χ0) is 24.1. The smallest absolute Gasteiger partial charge is 0.335 e. The summed E-state index contributed by atoms with van der Waals surface area (Å²) < 4.78 is 11.5. The lowest BCUT2D eigenvalue weighted by molar-refractivity contribution is -0.0155. The number of aryl methyl sites for hydroxylation is 1. The minimum absolute atomic E-state index is 0.000329. The molecule has 0 bridgehead atoms. The van der Waals surface area contributed by atoms with Gasteiger partial charge in [-0.05, 0) is 47.4 Å². The third kappa shape index (κ3) is 4.96. The second kappa shape index (κ2) is 9.84. The Hall–Kier alpha value is -4.05. The fourth-order valence-corrected chi connectivity index (χ4v) is 3.61. The van der Waals surface area contributed by atoms with Crippen molar-refractivity contribution in [2.45, 2.75) is 38.3 Å². The van der Waals surface area contributed by atoms with E-state index >= 15 is 0 Å². The third-order valence-electron chi connectivity index (χ3n) is 5.49. The van der Waals surface area contributed by atoms with Crippen LogP contribution in [0.1, 0.15) is 63.9 Å². The number of aromatic amines is 1. The van der Waals surface area contributed by atoms with Crippen LogP contribution < -0.4 is 15.2 Å². The molecule has 1 unspecified atom stereocenters. The van der Waals surface area contributed by atoms with Gasteiger partial charge >= 0.3 is 5.97 Å². The number of benzene rings is 2. The molecule has 2 aromatic carbocycles. The van der Waals surface area contributed by atoms with Gasteiger partial charge in [-0.2, -0.15) is 5.21 Å². The number of hydrogen-bond donors (Lipinski definition) is 3. The largest absolute Gasteiger partial charge is 0.483 e. The number of ether oxygens (including phenoxy) is 2. The molecular weight excluding hydrogens is 438 g/mol. The van der Waals surface area contributed by atoms with E-state index < -0.39 is 17.5 Å². The van der Waals surface area contributed by atoms with Crippen molar-refractivity contribution < 1.29 is 24.2 Å². The number of ketones is 1. The van der Waals surface area contributed by atoms with Crippen molar-refractivity contribution in [3.05, 3.63) is 70.6 Å². The maximum absolute atomic E-state index is 13.1. The first-order valence-electron chi connectivity index (χ1n) is 11.0. The summed E-state index contributed by atoms with van der Waals surface area (Å²) in [6.07, 6.45) is 7.55. The number of carboxylic acid groups (broad SMARTS) is 1. The van der Waals surface area contributed by atoms with Crippen LogP contribution in [0.2, 0.25) is 0 Å². The molecule has 0 fully saturated rings. The number of aromatic carboxylic acids is 1. The quantitative estimate of drug-likeness (QED) is 0.247. The van der Waals surface area contributed by atoms with Gasteiger partial charge < -0.3 is 14.6 Å². The SMILES string of the molecule is CCCCCc1ccc(C=CC(=O)c2cc(C(=O)O)cc3c2OC(N)(c2nn[nH]n2)CO3)cc1. The average molecular weight is 463 g/mol. The monoisotopic (exact) mass is 463 g/mol. The molecule has 0 radical (unpaired) electrons. The van der Waals surface area contributed by atoms with Gasteiger partial charge in [0.1, 0.15) is 6.61 Å². The fraction of sp³-hybridized carbons (Fsp3) is 0.292. The van der Waals surface area contributed by atoms with Crippen LogP contribution in [0.15, 0.2) is 42.5 Å². The van der Waals surface area contributed by atoms with Crippen molar-refractivity contribution in [3.63, 3.8) is 0 Å². The van der Waals surface area contributed by atoms with E-state index in [9.17, 15) is 14.7 Å². The Morgan fingerprint density at radius 3 is 2.71 bits per heavy atom. The third-order valence-corrected chi connectivity index (χ3v) is 5.49. The minimum atomic E-state index is -1.60. The molecule has 10 heteroatoms. The lowest BCUT2D eigenvalue weighted by Gasteiger charge is -2.33. The number of nitrogens with zero attached hydrogens (tertiary/aromatic N) is 3. The van der Waals surface area contributed by atoms with Crippen molar-refractivity contribution in [2.75, 3.05) is 6.61 Å². The van der Waals surface area contributed by atoms with Gasteiger partial charge in [-0.3, -0.25) is 10.5 Å². The molecular formula is C24H25N5O5. The lowest BCUT2D eigenvalue weighted by atomic mass is 10.0. The highest BCUT2D eigenvalue weighted by atomic mass is 16.6. The molecule has 34 heavy (non-hydrogen) atoms. The number of tetrazole rings is 1. The van der Waals surface area contributed by atoms with Crippen molar-refractivity contribution in [1.82, 2.24) is 20.6 Å². The Morgan fingerprint density at radius 1 is 1.24 bits per heavy atom. The Bertz CT molecular complexity index is 1210. The summed E-state index contributed by atoms with van der Waals surface area (Å²) in [6.45, 7) is 1.97. The second-order valence-electron chi connectivity index (χ2n) is 8.07. The summed E-state index contributed by atoms with van der Waals surface area (Å²) in [5.41, 5.74) is 6.62. The Labute approximate surface area is 195 Å². The second-order valence-corrected chi connectivity index (χ2v) is 8.07. The molecule has 0 spiro atoms. The molecule has 1 aliphatic rings. The van der Waals surface area contributed by atoms with Crippen LogP contribution in [0.4, 0.5) is 0 Å². The molecule has 1 aliphatic heterocycles. The highest BCUT2D eigenvalue weighted by molar-refractivity contribution is 6.10. The molecule has 3 aromatic rings. The van der Waals surface area contributed by atoms with Crippen LogP contribution >= 0.6 is 0 Å². The molecule has 2 heterocycles. The number of hydrogen-bond acceptors (Lipinski definition) is 8. The topological polar surface area (TPSA) is 153 Å². The number of carbonyl (C=O) groups is 2. The van der Waals surface area contributed by atoms with E-state index in [0.717, 1.165) is 18.4 Å². The minimum Gasteiger partial charge on any atom is -0.483 e. The summed E-state index contributed by atoms with van der Waals surface area (Å²) >= 11 is 0. The van der Waals surface area contributed by atoms with E-state index in [1.807, 2.05) is 24.3 Å². The average Bonchev–Trinajstić information content (AvgIpc) is 3.39. The van der Waals surface area contributed by atoms with Gasteiger partial charge in [-0.15, -0.1) is 10.2 Å². The van der Waals surface area contributed by atoms with Crippen LogP contribution in [0.25, 0.3) is 6.08 Å². The molecule has 176 valence electrons. The number of rotatable bonds is 9. The van der Waals surface area contributed by atoms with E-state index in [4.69, 9.17) is 15.2 Å². The van der Waals surface area contributed by atoms with Gasteiger partial charge in [0.05, 0.1) is 11.1 Å². The number of nitrogens with two attached hydrogens (primary N) is 1. The van der Waals surface area contributed by atoms with E-state index in [0.29, 0.717) is 0 Å². The van der Waals surface area contributed by atoms with Crippen molar-refractivity contribution in [2.24, 2.45) is 5.73 Å². The molecule has 10 nitrogen and oxygen atoms in total. The summed E-state index contributed by atoms with van der Waals surface area (Å²) in [5, 5.41) is 22.9. The number of nitrogens with one attached hydrogen (secondary N) is 1. The molecule has 0 saturated carbocycles. The van der Waals surface area contributed by atoms with E-state index in [1.54, 1.807) is 6.08 Å². The number of aromatic nitrogens is 4. The maximum Gasteiger partial charge on any atom is 0.335 e. The van der Waals surface area contributed by atoms with Gasteiger partial charge in [0, 0.05) is 0 Å². The van der Waals surface area contributed by atoms with E-state index in [1.165, 1.54) is 36.6 Å². The highest BCUT2D eigenvalue weighted by Gasteiger charge is 2.42. The summed E-state index contributed by atoms with van der Waals surface area (Å²) in [5.74, 6) is -1.52. The molecule has 4 N–H and O–H groups in total. The van der Waals surface area contributed by atoms with Crippen LogP contribution in [0.3, 0.4) is 0 Å². The van der Waals surface area contributed by atoms with Gasteiger partial charge in [-0.1, -0.05) is 50.1 Å². The summed E-state index contributed by atoms with van der Waals surface area (Å²) in [6, 6.07) is 10.5. The first kappa shape index (κ1) is 23.1.